The van der Waals surface area contributed by atoms with Crippen molar-refractivity contribution < 1.29 is 9.66 Å². The van der Waals surface area contributed by atoms with Crippen molar-refractivity contribution in [2.75, 3.05) is 0 Å². The van der Waals surface area contributed by atoms with Crippen LogP contribution in [0.5, 0.6) is 11.5 Å². The van der Waals surface area contributed by atoms with Gasteiger partial charge in [0.2, 0.25) is 0 Å². The van der Waals surface area contributed by atoms with Crippen molar-refractivity contribution in [2.24, 2.45) is 5.73 Å². The standard InChI is InChI=1S/C14H15N3O3/c1-9-13(17(18)19)4-3-5-14(9)20-11-6-7-12(10(2)15)16-8-11/h3-8,10H,15H2,1-2H3/t10-/m0/s1. The first-order valence-corrected chi connectivity index (χ1v) is 6.12. The molecule has 1 aromatic carbocycles. The average molecular weight is 273 g/mol. The summed E-state index contributed by atoms with van der Waals surface area (Å²) in [5.74, 6) is 0.951. The van der Waals surface area contributed by atoms with Gasteiger partial charge in [0.05, 0.1) is 22.4 Å². The third-order valence-corrected chi connectivity index (χ3v) is 2.91. The molecule has 1 atom stereocenters. The summed E-state index contributed by atoms with van der Waals surface area (Å²) in [5.41, 5.74) is 6.98. The smallest absolute Gasteiger partial charge is 0.276 e. The van der Waals surface area contributed by atoms with Gasteiger partial charge in [0, 0.05) is 12.1 Å². The van der Waals surface area contributed by atoms with Gasteiger partial charge in [0.15, 0.2) is 0 Å². The Labute approximate surface area is 116 Å². The number of aromatic nitrogens is 1. The Morgan fingerprint density at radius 3 is 2.65 bits per heavy atom. The van der Waals surface area contributed by atoms with Crippen molar-refractivity contribution in [3.05, 3.63) is 57.9 Å². The lowest BCUT2D eigenvalue weighted by atomic mass is 10.2. The molecule has 0 amide bonds. The van der Waals surface area contributed by atoms with E-state index in [1.165, 1.54) is 6.07 Å². The number of hydrogen-bond donors (Lipinski definition) is 1. The number of nitrogens with two attached hydrogens (primary N) is 1. The zero-order chi connectivity index (χ0) is 14.7. The van der Waals surface area contributed by atoms with Crippen LogP contribution in [0.2, 0.25) is 0 Å². The Bertz CT molecular complexity index is 624. The topological polar surface area (TPSA) is 91.3 Å². The molecule has 0 saturated heterocycles. The van der Waals surface area contributed by atoms with Gasteiger partial charge in [-0.25, -0.2) is 0 Å². The Hall–Kier alpha value is -2.47. The maximum Gasteiger partial charge on any atom is 0.276 e. The van der Waals surface area contributed by atoms with Crippen molar-refractivity contribution in [3.8, 4) is 11.5 Å². The first-order valence-electron chi connectivity index (χ1n) is 6.12. The zero-order valence-corrected chi connectivity index (χ0v) is 11.2. The third-order valence-electron chi connectivity index (χ3n) is 2.91. The van der Waals surface area contributed by atoms with Gasteiger partial charge in [0.1, 0.15) is 11.5 Å². The molecule has 0 bridgehead atoms. The zero-order valence-electron chi connectivity index (χ0n) is 11.2. The first-order chi connectivity index (χ1) is 9.49. The van der Waals surface area contributed by atoms with Crippen LogP contribution in [-0.2, 0) is 0 Å². The van der Waals surface area contributed by atoms with Crippen molar-refractivity contribution in [1.29, 1.82) is 0 Å². The Morgan fingerprint density at radius 1 is 1.35 bits per heavy atom. The Balaban J connectivity index is 2.26. The maximum absolute atomic E-state index is 10.9. The molecule has 6 heteroatoms. The Kier molecular flexibility index (Phi) is 3.95. The van der Waals surface area contributed by atoms with Gasteiger partial charge in [-0.15, -0.1) is 0 Å². The number of benzene rings is 1. The summed E-state index contributed by atoms with van der Waals surface area (Å²) >= 11 is 0. The number of nitro benzene ring substituents is 1. The molecule has 104 valence electrons. The molecular weight excluding hydrogens is 258 g/mol. The summed E-state index contributed by atoms with van der Waals surface area (Å²) in [6.07, 6.45) is 1.55. The highest BCUT2D eigenvalue weighted by molar-refractivity contribution is 5.49. The number of ether oxygens (including phenoxy) is 1. The number of rotatable bonds is 4. The van der Waals surface area contributed by atoms with Crippen LogP contribution in [0.25, 0.3) is 0 Å². The van der Waals surface area contributed by atoms with Crippen LogP contribution in [0.4, 0.5) is 5.69 Å². The van der Waals surface area contributed by atoms with E-state index in [1.807, 2.05) is 6.92 Å². The van der Waals surface area contributed by atoms with E-state index in [0.29, 0.717) is 17.1 Å². The first kappa shape index (κ1) is 14.0. The molecule has 2 aromatic rings. The number of nitro groups is 1. The van der Waals surface area contributed by atoms with Crippen LogP contribution >= 0.6 is 0 Å². The van der Waals surface area contributed by atoms with E-state index in [1.54, 1.807) is 37.4 Å². The van der Waals surface area contributed by atoms with Crippen molar-refractivity contribution >= 4 is 5.69 Å². The van der Waals surface area contributed by atoms with Gasteiger partial charge in [-0.2, -0.15) is 0 Å². The molecule has 6 nitrogen and oxygen atoms in total. The summed E-state index contributed by atoms with van der Waals surface area (Å²) in [4.78, 5) is 14.6. The van der Waals surface area contributed by atoms with E-state index in [-0.39, 0.29) is 11.7 Å². The fraction of sp³-hybridized carbons (Fsp3) is 0.214. The quantitative estimate of drug-likeness (QED) is 0.682. The second-order valence-electron chi connectivity index (χ2n) is 4.47. The molecule has 0 saturated carbocycles. The molecule has 0 radical (unpaired) electrons. The largest absolute Gasteiger partial charge is 0.455 e. The van der Waals surface area contributed by atoms with E-state index < -0.39 is 4.92 Å². The summed E-state index contributed by atoms with van der Waals surface area (Å²) in [6.45, 7) is 3.49. The highest BCUT2D eigenvalue weighted by Gasteiger charge is 2.14. The molecule has 0 aliphatic rings. The lowest BCUT2D eigenvalue weighted by Crippen LogP contribution is -2.06. The highest BCUT2D eigenvalue weighted by atomic mass is 16.6. The molecule has 0 aliphatic carbocycles. The van der Waals surface area contributed by atoms with Crippen LogP contribution in [0.1, 0.15) is 24.2 Å². The molecular formula is C14H15N3O3. The number of nitrogens with zero attached hydrogens (tertiary/aromatic N) is 2. The summed E-state index contributed by atoms with van der Waals surface area (Å²) < 4.78 is 5.63. The van der Waals surface area contributed by atoms with Gasteiger partial charge in [-0.3, -0.25) is 15.1 Å². The van der Waals surface area contributed by atoms with Crippen LogP contribution in [0, 0.1) is 17.0 Å². The second kappa shape index (κ2) is 5.66. The predicted octanol–water partition coefficient (Wildman–Crippen LogP) is 3.11. The van der Waals surface area contributed by atoms with Crippen LogP contribution in [-0.4, -0.2) is 9.91 Å². The molecule has 0 spiro atoms. The van der Waals surface area contributed by atoms with E-state index in [2.05, 4.69) is 4.98 Å². The van der Waals surface area contributed by atoms with Gasteiger partial charge in [-0.1, -0.05) is 6.07 Å². The molecule has 0 fully saturated rings. The number of hydrogen-bond acceptors (Lipinski definition) is 5. The van der Waals surface area contributed by atoms with E-state index in [4.69, 9.17) is 10.5 Å². The van der Waals surface area contributed by atoms with E-state index in [0.717, 1.165) is 5.69 Å². The highest BCUT2D eigenvalue weighted by Crippen LogP contribution is 2.30. The van der Waals surface area contributed by atoms with E-state index >= 15 is 0 Å². The fourth-order valence-electron chi connectivity index (χ4n) is 1.76. The molecule has 1 heterocycles. The third kappa shape index (κ3) is 2.92. The van der Waals surface area contributed by atoms with Crippen LogP contribution in [0.15, 0.2) is 36.5 Å². The minimum Gasteiger partial charge on any atom is -0.455 e. The second-order valence-corrected chi connectivity index (χ2v) is 4.47. The number of pyridine rings is 1. The summed E-state index contributed by atoms with van der Waals surface area (Å²) in [7, 11) is 0. The minimum atomic E-state index is -0.431. The monoisotopic (exact) mass is 273 g/mol. The van der Waals surface area contributed by atoms with Gasteiger partial charge in [0.25, 0.3) is 5.69 Å². The molecule has 2 N–H and O–H groups in total. The molecule has 20 heavy (non-hydrogen) atoms. The van der Waals surface area contributed by atoms with Crippen molar-refractivity contribution in [1.82, 2.24) is 4.98 Å². The van der Waals surface area contributed by atoms with Crippen molar-refractivity contribution in [2.45, 2.75) is 19.9 Å². The Morgan fingerprint density at radius 2 is 2.10 bits per heavy atom. The molecule has 0 unspecified atom stereocenters. The van der Waals surface area contributed by atoms with Gasteiger partial charge >= 0.3 is 0 Å². The molecule has 2 rings (SSSR count). The summed E-state index contributed by atoms with van der Waals surface area (Å²) in [5, 5.41) is 10.9. The fourth-order valence-corrected chi connectivity index (χ4v) is 1.76. The van der Waals surface area contributed by atoms with Crippen molar-refractivity contribution in [3.63, 3.8) is 0 Å². The molecule has 0 aliphatic heterocycles. The van der Waals surface area contributed by atoms with Crippen LogP contribution in [0.3, 0.4) is 0 Å². The normalized spacial score (nSPS) is 11.9. The lowest BCUT2D eigenvalue weighted by Gasteiger charge is -2.10. The predicted molar refractivity (Wildman–Crippen MR) is 74.7 cm³/mol. The SMILES string of the molecule is Cc1c(Oc2ccc([C@H](C)N)nc2)cccc1[N+](=O)[O-]. The van der Waals surface area contributed by atoms with Gasteiger partial charge in [-0.05, 0) is 32.0 Å². The summed E-state index contributed by atoms with van der Waals surface area (Å²) in [6, 6.07) is 8.08. The van der Waals surface area contributed by atoms with E-state index in [9.17, 15) is 10.1 Å². The lowest BCUT2D eigenvalue weighted by molar-refractivity contribution is -0.385. The minimum absolute atomic E-state index is 0.0302. The maximum atomic E-state index is 10.9. The van der Waals surface area contributed by atoms with Gasteiger partial charge < -0.3 is 10.5 Å². The molecule has 1 aromatic heterocycles. The average Bonchev–Trinajstić information content (AvgIpc) is 2.41. The van der Waals surface area contributed by atoms with Crippen LogP contribution < -0.4 is 10.5 Å².